The van der Waals surface area contributed by atoms with Crippen LogP contribution in [0, 0.1) is 6.92 Å². The molecule has 130 valence electrons. The summed E-state index contributed by atoms with van der Waals surface area (Å²) in [7, 11) is 1.99. The molecule has 0 aliphatic heterocycles. The van der Waals surface area contributed by atoms with Gasteiger partial charge in [0.05, 0.1) is 17.6 Å². The van der Waals surface area contributed by atoms with E-state index in [1.165, 1.54) is 0 Å². The Morgan fingerprint density at radius 3 is 2.73 bits per heavy atom. The summed E-state index contributed by atoms with van der Waals surface area (Å²) in [5.41, 5.74) is 5.02. The van der Waals surface area contributed by atoms with Gasteiger partial charge in [-0.2, -0.15) is 5.10 Å². The Hall–Kier alpha value is -3.61. The Balaban J connectivity index is 1.49. The summed E-state index contributed by atoms with van der Waals surface area (Å²) in [4.78, 5) is 16.5. The molecule has 7 nitrogen and oxygen atoms in total. The second kappa shape index (κ2) is 6.36. The van der Waals surface area contributed by atoms with Crippen LogP contribution < -0.4 is 10.6 Å². The summed E-state index contributed by atoms with van der Waals surface area (Å²) < 4.78 is 2.03. The first-order valence-electron chi connectivity index (χ1n) is 8.19. The molecule has 4 aromatic rings. The van der Waals surface area contributed by atoms with E-state index in [1.54, 1.807) is 12.4 Å². The van der Waals surface area contributed by atoms with Crippen LogP contribution in [-0.4, -0.2) is 25.8 Å². The Morgan fingerprint density at radius 2 is 1.92 bits per heavy atom. The summed E-state index contributed by atoms with van der Waals surface area (Å²) in [6.07, 6.45) is 5.30. The third-order valence-electron chi connectivity index (χ3n) is 4.14. The molecule has 0 fully saturated rings. The minimum absolute atomic E-state index is 0.322. The predicted octanol–water partition coefficient (Wildman–Crippen LogP) is 3.92. The smallest absolute Gasteiger partial charge is 0.323 e. The van der Waals surface area contributed by atoms with Crippen molar-refractivity contribution in [1.29, 1.82) is 0 Å². The van der Waals surface area contributed by atoms with Crippen LogP contribution in [0.25, 0.3) is 22.2 Å². The quantitative estimate of drug-likeness (QED) is 0.525. The van der Waals surface area contributed by atoms with Crippen LogP contribution in [0.15, 0.2) is 55.0 Å². The van der Waals surface area contributed by atoms with Gasteiger partial charge < -0.3 is 15.2 Å². The Bertz CT molecular complexity index is 1090. The highest BCUT2D eigenvalue weighted by atomic mass is 16.2. The molecule has 4 rings (SSSR count). The number of carbonyl (C=O) groups excluding carboxylic acids is 1. The largest absolute Gasteiger partial charge is 0.351 e. The predicted molar refractivity (Wildman–Crippen MR) is 102 cm³/mol. The highest BCUT2D eigenvalue weighted by molar-refractivity contribution is 6.01. The third-order valence-corrected chi connectivity index (χ3v) is 4.14. The number of aromatic amines is 1. The molecule has 3 N–H and O–H groups in total. The zero-order chi connectivity index (χ0) is 18.1. The summed E-state index contributed by atoms with van der Waals surface area (Å²) in [6.45, 7) is 1.93. The van der Waals surface area contributed by atoms with Crippen molar-refractivity contribution in [2.24, 2.45) is 7.05 Å². The number of fused-ring (bicyclic) bond motifs is 1. The number of H-pyrrole nitrogens is 1. The van der Waals surface area contributed by atoms with Gasteiger partial charge in [-0.3, -0.25) is 10.1 Å². The van der Waals surface area contributed by atoms with Crippen molar-refractivity contribution in [3.8, 4) is 11.3 Å². The van der Waals surface area contributed by atoms with Crippen LogP contribution in [0.2, 0.25) is 0 Å². The van der Waals surface area contributed by atoms with Crippen LogP contribution in [0.5, 0.6) is 0 Å². The molecule has 3 aromatic heterocycles. The normalized spacial score (nSPS) is 10.8. The molecular weight excluding hydrogens is 328 g/mol. The zero-order valence-electron chi connectivity index (χ0n) is 14.4. The second-order valence-electron chi connectivity index (χ2n) is 6.18. The summed E-state index contributed by atoms with van der Waals surface area (Å²) >= 11 is 0. The molecule has 0 unspecified atom stereocenters. The lowest BCUT2D eigenvalue weighted by atomic mass is 10.2. The number of carbonyl (C=O) groups is 1. The fraction of sp³-hybridized carbons (Fsp3) is 0.105. The minimum atomic E-state index is -0.322. The van der Waals surface area contributed by atoms with E-state index in [9.17, 15) is 4.79 Å². The first-order chi connectivity index (χ1) is 12.6. The lowest BCUT2D eigenvalue weighted by Gasteiger charge is -2.08. The van der Waals surface area contributed by atoms with Crippen molar-refractivity contribution in [2.45, 2.75) is 6.92 Å². The lowest BCUT2D eigenvalue weighted by Crippen LogP contribution is -2.19. The third kappa shape index (κ3) is 3.14. The molecule has 0 atom stereocenters. The van der Waals surface area contributed by atoms with E-state index in [1.807, 2.05) is 61.1 Å². The van der Waals surface area contributed by atoms with E-state index in [0.29, 0.717) is 5.69 Å². The minimum Gasteiger partial charge on any atom is -0.351 e. The second-order valence-corrected chi connectivity index (χ2v) is 6.18. The average Bonchev–Trinajstić information content (AvgIpc) is 3.21. The average molecular weight is 346 g/mol. The van der Waals surface area contributed by atoms with Gasteiger partial charge in [-0.05, 0) is 43.3 Å². The first-order valence-corrected chi connectivity index (χ1v) is 8.19. The number of amides is 2. The molecule has 0 aliphatic carbocycles. The molecule has 1 aromatic carbocycles. The molecular formula is C19H18N6O. The van der Waals surface area contributed by atoms with E-state index in [4.69, 9.17) is 0 Å². The molecule has 3 heterocycles. The standard InChI is InChI=1S/C19H18N6O/c1-12-7-17(24-23-12)14-9-16(11-20-10-14)22-19(26)21-15-3-4-18-13(8-15)5-6-25(18)2/h3-11H,1-2H3,(H,23,24)(H2,21,22,26). The monoisotopic (exact) mass is 346 g/mol. The number of benzene rings is 1. The molecule has 0 spiro atoms. The van der Waals surface area contributed by atoms with Crippen molar-refractivity contribution >= 4 is 28.3 Å². The van der Waals surface area contributed by atoms with Gasteiger partial charge in [0.2, 0.25) is 0 Å². The summed E-state index contributed by atoms with van der Waals surface area (Å²) in [5.74, 6) is 0. The van der Waals surface area contributed by atoms with Gasteiger partial charge >= 0.3 is 6.03 Å². The molecule has 0 radical (unpaired) electrons. The van der Waals surface area contributed by atoms with Crippen molar-refractivity contribution < 1.29 is 4.79 Å². The first kappa shape index (κ1) is 15.9. The van der Waals surface area contributed by atoms with Crippen molar-refractivity contribution in [1.82, 2.24) is 19.7 Å². The Labute approximate surface area is 150 Å². The van der Waals surface area contributed by atoms with Crippen LogP contribution >= 0.6 is 0 Å². The van der Waals surface area contributed by atoms with E-state index >= 15 is 0 Å². The highest BCUT2D eigenvalue weighted by Crippen LogP contribution is 2.21. The summed E-state index contributed by atoms with van der Waals surface area (Å²) in [6, 6.07) is 11.3. The number of pyridine rings is 1. The SMILES string of the molecule is Cc1cc(-c2cncc(NC(=O)Nc3ccc4c(ccn4C)c3)c2)n[nH]1. The molecule has 2 amide bonds. The van der Waals surface area contributed by atoms with Crippen LogP contribution in [0.3, 0.4) is 0 Å². The number of aryl methyl sites for hydroxylation is 2. The van der Waals surface area contributed by atoms with Crippen LogP contribution in [0.4, 0.5) is 16.2 Å². The zero-order valence-corrected chi connectivity index (χ0v) is 14.4. The van der Waals surface area contributed by atoms with Crippen LogP contribution in [0.1, 0.15) is 5.69 Å². The summed E-state index contributed by atoms with van der Waals surface area (Å²) in [5, 5.41) is 13.8. The molecule has 7 heteroatoms. The van der Waals surface area contributed by atoms with Gasteiger partial charge in [0.15, 0.2) is 0 Å². The number of nitrogens with one attached hydrogen (secondary N) is 3. The highest BCUT2D eigenvalue weighted by Gasteiger charge is 2.08. The van der Waals surface area contributed by atoms with E-state index < -0.39 is 0 Å². The van der Waals surface area contributed by atoms with Crippen LogP contribution in [-0.2, 0) is 7.05 Å². The van der Waals surface area contributed by atoms with Crippen molar-refractivity contribution in [2.75, 3.05) is 10.6 Å². The van der Waals surface area contributed by atoms with Gasteiger partial charge in [-0.1, -0.05) is 0 Å². The van der Waals surface area contributed by atoms with Gasteiger partial charge in [0.25, 0.3) is 0 Å². The molecule has 0 aliphatic rings. The Morgan fingerprint density at radius 1 is 1.08 bits per heavy atom. The van der Waals surface area contributed by atoms with Gasteiger partial charge in [-0.15, -0.1) is 0 Å². The maximum absolute atomic E-state index is 12.3. The number of anilines is 2. The number of nitrogens with zero attached hydrogens (tertiary/aromatic N) is 3. The maximum Gasteiger partial charge on any atom is 0.323 e. The van der Waals surface area contributed by atoms with E-state index in [0.717, 1.165) is 33.5 Å². The number of urea groups is 1. The maximum atomic E-state index is 12.3. The molecule has 0 bridgehead atoms. The van der Waals surface area contributed by atoms with Gasteiger partial charge in [-0.25, -0.2) is 4.79 Å². The van der Waals surface area contributed by atoms with Crippen molar-refractivity contribution in [3.63, 3.8) is 0 Å². The fourth-order valence-electron chi connectivity index (χ4n) is 2.87. The fourth-order valence-corrected chi connectivity index (χ4v) is 2.87. The molecule has 0 saturated heterocycles. The van der Waals surface area contributed by atoms with E-state index in [-0.39, 0.29) is 6.03 Å². The lowest BCUT2D eigenvalue weighted by molar-refractivity contribution is 0.262. The number of rotatable bonds is 3. The molecule has 0 saturated carbocycles. The van der Waals surface area contributed by atoms with E-state index in [2.05, 4.69) is 25.8 Å². The van der Waals surface area contributed by atoms with Gasteiger partial charge in [0.1, 0.15) is 0 Å². The number of hydrogen-bond acceptors (Lipinski definition) is 3. The number of aromatic nitrogens is 4. The topological polar surface area (TPSA) is 87.6 Å². The van der Waals surface area contributed by atoms with Crippen molar-refractivity contribution in [3.05, 3.63) is 60.7 Å². The number of hydrogen-bond donors (Lipinski definition) is 3. The van der Waals surface area contributed by atoms with Gasteiger partial charge in [0, 0.05) is 47.3 Å². The molecule has 26 heavy (non-hydrogen) atoms. The Kier molecular flexibility index (Phi) is 3.89.